The van der Waals surface area contributed by atoms with Crippen LogP contribution in [0.4, 0.5) is 5.95 Å². The number of hydrogen-bond acceptors (Lipinski definition) is 4. The van der Waals surface area contributed by atoms with Gasteiger partial charge in [-0.15, -0.1) is 0 Å². The van der Waals surface area contributed by atoms with Gasteiger partial charge in [0.05, 0.1) is 0 Å². The molecule has 2 rings (SSSR count). The molecule has 1 aromatic rings. The number of aromatic nitrogens is 2. The van der Waals surface area contributed by atoms with Crippen LogP contribution < -0.4 is 10.2 Å². The second-order valence-electron chi connectivity index (χ2n) is 5.28. The van der Waals surface area contributed by atoms with E-state index in [9.17, 15) is 0 Å². The van der Waals surface area contributed by atoms with Crippen molar-refractivity contribution in [3.05, 3.63) is 17.5 Å². The van der Waals surface area contributed by atoms with Crippen LogP contribution in [0.3, 0.4) is 0 Å². The molecule has 100 valence electrons. The summed E-state index contributed by atoms with van der Waals surface area (Å²) in [7, 11) is 2.09. The molecule has 0 amide bonds. The zero-order valence-electron chi connectivity index (χ0n) is 11.7. The minimum absolute atomic E-state index is 0.860. The van der Waals surface area contributed by atoms with Gasteiger partial charge in [-0.25, -0.2) is 9.97 Å². The highest BCUT2D eigenvalue weighted by Crippen LogP contribution is 2.30. The van der Waals surface area contributed by atoms with Gasteiger partial charge in [-0.3, -0.25) is 0 Å². The number of hydrogen-bond donors (Lipinski definition) is 1. The van der Waals surface area contributed by atoms with Crippen LogP contribution in [0.25, 0.3) is 0 Å². The lowest BCUT2D eigenvalue weighted by Gasteiger charge is -2.17. The number of nitrogens with zero attached hydrogens (tertiary/aromatic N) is 3. The molecule has 1 aliphatic rings. The summed E-state index contributed by atoms with van der Waals surface area (Å²) in [6.07, 6.45) is 5.84. The lowest BCUT2D eigenvalue weighted by atomic mass is 10.2. The third-order valence-electron chi connectivity index (χ3n) is 3.38. The fourth-order valence-corrected chi connectivity index (χ4v) is 2.01. The second-order valence-corrected chi connectivity index (χ2v) is 5.28. The van der Waals surface area contributed by atoms with Crippen molar-refractivity contribution in [3.8, 4) is 0 Å². The first-order valence-electron chi connectivity index (χ1n) is 6.95. The van der Waals surface area contributed by atoms with E-state index in [1.165, 1.54) is 18.4 Å². The predicted octanol–water partition coefficient (Wildman–Crippen LogP) is 2.13. The molecule has 0 aliphatic heterocycles. The van der Waals surface area contributed by atoms with E-state index in [1.54, 1.807) is 0 Å². The van der Waals surface area contributed by atoms with Gasteiger partial charge in [0, 0.05) is 37.6 Å². The molecule has 18 heavy (non-hydrogen) atoms. The summed E-state index contributed by atoms with van der Waals surface area (Å²) in [4.78, 5) is 11.3. The summed E-state index contributed by atoms with van der Waals surface area (Å²) >= 11 is 0. The van der Waals surface area contributed by atoms with E-state index >= 15 is 0 Å². The Morgan fingerprint density at radius 2 is 2.22 bits per heavy atom. The van der Waals surface area contributed by atoms with Gasteiger partial charge in [-0.05, 0) is 38.6 Å². The SMILES string of the molecule is CCCNCc1cnc(N(C)CC2CC2)nc1C. The molecule has 4 heteroatoms. The Hall–Kier alpha value is -1.16. The van der Waals surface area contributed by atoms with Gasteiger partial charge < -0.3 is 10.2 Å². The number of rotatable bonds is 7. The van der Waals surface area contributed by atoms with E-state index in [1.807, 2.05) is 6.20 Å². The molecule has 0 spiro atoms. The molecule has 0 atom stereocenters. The van der Waals surface area contributed by atoms with Crippen LogP contribution in [-0.4, -0.2) is 30.1 Å². The van der Waals surface area contributed by atoms with Gasteiger partial charge in [0.15, 0.2) is 0 Å². The predicted molar refractivity (Wildman–Crippen MR) is 74.8 cm³/mol. The van der Waals surface area contributed by atoms with Crippen molar-refractivity contribution in [2.45, 2.75) is 39.7 Å². The summed E-state index contributed by atoms with van der Waals surface area (Å²) in [5, 5.41) is 3.39. The molecule has 1 aromatic heterocycles. The number of nitrogens with one attached hydrogen (secondary N) is 1. The lowest BCUT2D eigenvalue weighted by molar-refractivity contribution is 0.667. The second kappa shape index (κ2) is 6.14. The molecule has 0 radical (unpaired) electrons. The average molecular weight is 248 g/mol. The van der Waals surface area contributed by atoms with Gasteiger partial charge in [0.1, 0.15) is 0 Å². The summed E-state index contributed by atoms with van der Waals surface area (Å²) in [5.74, 6) is 1.73. The zero-order valence-corrected chi connectivity index (χ0v) is 11.7. The van der Waals surface area contributed by atoms with Crippen molar-refractivity contribution < 1.29 is 0 Å². The van der Waals surface area contributed by atoms with Crippen molar-refractivity contribution in [1.29, 1.82) is 0 Å². The van der Waals surface area contributed by atoms with Gasteiger partial charge in [-0.1, -0.05) is 6.92 Å². The topological polar surface area (TPSA) is 41.1 Å². The monoisotopic (exact) mass is 248 g/mol. The standard InChI is InChI=1S/C14H24N4/c1-4-7-15-8-13-9-16-14(17-11(13)2)18(3)10-12-5-6-12/h9,12,15H,4-8,10H2,1-3H3. The maximum absolute atomic E-state index is 4.61. The van der Waals surface area contributed by atoms with E-state index < -0.39 is 0 Å². The van der Waals surface area contributed by atoms with E-state index in [4.69, 9.17) is 0 Å². The van der Waals surface area contributed by atoms with Gasteiger partial charge in [0.2, 0.25) is 5.95 Å². The third kappa shape index (κ3) is 3.67. The van der Waals surface area contributed by atoms with E-state index in [0.717, 1.165) is 43.6 Å². The van der Waals surface area contributed by atoms with Crippen LogP contribution >= 0.6 is 0 Å². The minimum atomic E-state index is 0.860. The molecule has 1 aliphatic carbocycles. The molecular weight excluding hydrogens is 224 g/mol. The summed E-state index contributed by atoms with van der Waals surface area (Å²) < 4.78 is 0. The average Bonchev–Trinajstić information content (AvgIpc) is 3.15. The molecule has 1 saturated carbocycles. The molecule has 4 nitrogen and oxygen atoms in total. The molecular formula is C14H24N4. The Bertz CT molecular complexity index is 387. The molecule has 1 fully saturated rings. The van der Waals surface area contributed by atoms with Crippen LogP contribution in [0.5, 0.6) is 0 Å². The summed E-state index contributed by atoms with van der Waals surface area (Å²) in [6.45, 7) is 7.24. The summed E-state index contributed by atoms with van der Waals surface area (Å²) in [5.41, 5.74) is 2.29. The zero-order chi connectivity index (χ0) is 13.0. The Morgan fingerprint density at radius 1 is 1.44 bits per heavy atom. The van der Waals surface area contributed by atoms with Crippen molar-refractivity contribution in [2.24, 2.45) is 5.92 Å². The largest absolute Gasteiger partial charge is 0.344 e. The maximum atomic E-state index is 4.61. The fourth-order valence-electron chi connectivity index (χ4n) is 2.01. The molecule has 1 heterocycles. The van der Waals surface area contributed by atoms with Crippen molar-refractivity contribution in [1.82, 2.24) is 15.3 Å². The van der Waals surface area contributed by atoms with Crippen LogP contribution in [0.2, 0.25) is 0 Å². The third-order valence-corrected chi connectivity index (χ3v) is 3.38. The van der Waals surface area contributed by atoms with Crippen LogP contribution in [0, 0.1) is 12.8 Å². The highest BCUT2D eigenvalue weighted by atomic mass is 15.2. The van der Waals surface area contributed by atoms with Gasteiger partial charge in [-0.2, -0.15) is 0 Å². The Morgan fingerprint density at radius 3 is 2.83 bits per heavy atom. The number of aryl methyl sites for hydroxylation is 1. The first-order valence-corrected chi connectivity index (χ1v) is 6.95. The van der Waals surface area contributed by atoms with E-state index in [0.29, 0.717) is 0 Å². The molecule has 1 N–H and O–H groups in total. The first kappa shape index (κ1) is 13.3. The normalized spacial score (nSPS) is 14.8. The molecule has 0 saturated heterocycles. The lowest BCUT2D eigenvalue weighted by Crippen LogP contribution is -2.23. The number of anilines is 1. The van der Waals surface area contributed by atoms with Gasteiger partial charge in [0.25, 0.3) is 0 Å². The van der Waals surface area contributed by atoms with Crippen molar-refractivity contribution in [3.63, 3.8) is 0 Å². The first-order chi connectivity index (χ1) is 8.70. The van der Waals surface area contributed by atoms with Crippen LogP contribution in [0.15, 0.2) is 6.20 Å². The Labute approximate surface area is 110 Å². The summed E-state index contributed by atoms with van der Waals surface area (Å²) in [6, 6.07) is 0. The smallest absolute Gasteiger partial charge is 0.225 e. The molecule has 0 unspecified atom stereocenters. The van der Waals surface area contributed by atoms with E-state index in [2.05, 4.69) is 41.1 Å². The maximum Gasteiger partial charge on any atom is 0.225 e. The highest BCUT2D eigenvalue weighted by molar-refractivity contribution is 5.32. The Balaban J connectivity index is 1.94. The van der Waals surface area contributed by atoms with Crippen LogP contribution in [0.1, 0.15) is 37.4 Å². The molecule has 0 bridgehead atoms. The molecule has 0 aromatic carbocycles. The van der Waals surface area contributed by atoms with Gasteiger partial charge >= 0.3 is 0 Å². The Kier molecular flexibility index (Phi) is 4.53. The van der Waals surface area contributed by atoms with E-state index in [-0.39, 0.29) is 0 Å². The quantitative estimate of drug-likeness (QED) is 0.751. The fraction of sp³-hybridized carbons (Fsp3) is 0.714. The van der Waals surface area contributed by atoms with Crippen molar-refractivity contribution in [2.75, 3.05) is 25.0 Å². The minimum Gasteiger partial charge on any atom is -0.344 e. The van der Waals surface area contributed by atoms with Crippen molar-refractivity contribution >= 4 is 5.95 Å². The van der Waals surface area contributed by atoms with Crippen LogP contribution in [-0.2, 0) is 6.54 Å². The highest BCUT2D eigenvalue weighted by Gasteiger charge is 2.23.